The molecule has 0 fully saturated rings. The minimum atomic E-state index is -0.484. The van der Waals surface area contributed by atoms with Crippen LogP contribution in [-0.4, -0.2) is 5.38 Å². The van der Waals surface area contributed by atoms with Gasteiger partial charge in [-0.05, 0) is 30.9 Å². The maximum atomic E-state index is 13.2. The normalized spacial score (nSPS) is 13.2. The predicted molar refractivity (Wildman–Crippen MR) is 59.2 cm³/mol. The average Bonchev–Trinajstić information content (AvgIpc) is 2.16. The van der Waals surface area contributed by atoms with E-state index in [0.29, 0.717) is 18.8 Å². The van der Waals surface area contributed by atoms with Crippen molar-refractivity contribution in [2.45, 2.75) is 32.1 Å². The van der Waals surface area contributed by atoms with Crippen LogP contribution in [-0.2, 0) is 6.42 Å². The summed E-state index contributed by atoms with van der Waals surface area (Å²) in [4.78, 5) is 0. The van der Waals surface area contributed by atoms with Crippen molar-refractivity contribution in [1.29, 1.82) is 0 Å². The summed E-state index contributed by atoms with van der Waals surface area (Å²) in [6, 6.07) is 3.92. The van der Waals surface area contributed by atoms with Gasteiger partial charge in [-0.1, -0.05) is 19.9 Å². The lowest BCUT2D eigenvalue weighted by Crippen LogP contribution is -2.10. The molecule has 15 heavy (non-hydrogen) atoms. The fourth-order valence-electron chi connectivity index (χ4n) is 1.39. The van der Waals surface area contributed by atoms with Crippen LogP contribution in [0.5, 0.6) is 0 Å². The maximum absolute atomic E-state index is 13.2. The Morgan fingerprint density at radius 2 is 1.73 bits per heavy atom. The van der Waals surface area contributed by atoms with Gasteiger partial charge in [0.05, 0.1) is 0 Å². The van der Waals surface area contributed by atoms with Gasteiger partial charge in [0, 0.05) is 10.9 Å². The molecule has 1 rings (SSSR count). The van der Waals surface area contributed by atoms with E-state index in [0.717, 1.165) is 0 Å². The summed E-state index contributed by atoms with van der Waals surface area (Å²) >= 11 is 6.03. The average molecular weight is 233 g/mol. The van der Waals surface area contributed by atoms with Crippen molar-refractivity contribution in [2.75, 3.05) is 0 Å². The summed E-state index contributed by atoms with van der Waals surface area (Å²) in [6.45, 7) is 3.99. The van der Waals surface area contributed by atoms with Crippen molar-refractivity contribution in [3.8, 4) is 0 Å². The Hall–Kier alpha value is -0.630. The third-order valence-corrected chi connectivity index (χ3v) is 3.18. The molecule has 0 aliphatic heterocycles. The predicted octanol–water partition coefficient (Wildman–Crippen LogP) is 4.16. The van der Waals surface area contributed by atoms with Crippen LogP contribution in [0.25, 0.3) is 0 Å². The zero-order chi connectivity index (χ0) is 11.4. The molecule has 1 aromatic carbocycles. The van der Waals surface area contributed by atoms with Gasteiger partial charge in [-0.25, -0.2) is 8.78 Å². The van der Waals surface area contributed by atoms with E-state index in [-0.39, 0.29) is 10.9 Å². The van der Waals surface area contributed by atoms with E-state index in [9.17, 15) is 8.78 Å². The van der Waals surface area contributed by atoms with Crippen molar-refractivity contribution < 1.29 is 8.78 Å². The van der Waals surface area contributed by atoms with Gasteiger partial charge in [0.15, 0.2) is 0 Å². The van der Waals surface area contributed by atoms with E-state index >= 15 is 0 Å². The summed E-state index contributed by atoms with van der Waals surface area (Å²) in [5.41, 5.74) is 0.142. The molecule has 1 atom stereocenters. The van der Waals surface area contributed by atoms with Gasteiger partial charge in [0.25, 0.3) is 0 Å². The fraction of sp³-hybridized carbons (Fsp3) is 0.500. The minimum Gasteiger partial charge on any atom is -0.207 e. The second-order valence-corrected chi connectivity index (χ2v) is 4.56. The number of benzene rings is 1. The molecule has 0 N–H and O–H groups in total. The van der Waals surface area contributed by atoms with E-state index in [1.54, 1.807) is 0 Å². The lowest BCUT2D eigenvalue weighted by molar-refractivity contribution is 0.523. The summed E-state index contributed by atoms with van der Waals surface area (Å²) in [7, 11) is 0. The Morgan fingerprint density at radius 1 is 1.20 bits per heavy atom. The summed E-state index contributed by atoms with van der Waals surface area (Å²) in [6.07, 6.45) is 0.946. The Kier molecular flexibility index (Phi) is 4.52. The molecule has 1 unspecified atom stereocenters. The zero-order valence-electron chi connectivity index (χ0n) is 8.93. The van der Waals surface area contributed by atoms with E-state index in [1.807, 2.05) is 13.8 Å². The van der Waals surface area contributed by atoms with E-state index in [2.05, 4.69) is 0 Å². The molecular formula is C12H15ClF2. The molecule has 0 aromatic heterocycles. The molecule has 0 nitrogen and oxygen atoms in total. The van der Waals surface area contributed by atoms with Gasteiger partial charge >= 0.3 is 0 Å². The third-order valence-electron chi connectivity index (χ3n) is 2.46. The molecule has 0 saturated carbocycles. The second kappa shape index (κ2) is 5.45. The first-order valence-corrected chi connectivity index (χ1v) is 5.53. The van der Waals surface area contributed by atoms with Crippen molar-refractivity contribution >= 4 is 11.6 Å². The van der Waals surface area contributed by atoms with E-state index in [4.69, 9.17) is 11.6 Å². The maximum Gasteiger partial charge on any atom is 0.129 e. The molecule has 0 amide bonds. The Morgan fingerprint density at radius 3 is 2.20 bits per heavy atom. The quantitative estimate of drug-likeness (QED) is 0.684. The van der Waals surface area contributed by atoms with Crippen LogP contribution in [0.15, 0.2) is 18.2 Å². The van der Waals surface area contributed by atoms with Crippen LogP contribution < -0.4 is 0 Å². The first-order chi connectivity index (χ1) is 7.02. The number of alkyl halides is 1. The van der Waals surface area contributed by atoms with Crippen LogP contribution in [0.3, 0.4) is 0 Å². The lowest BCUT2D eigenvalue weighted by Gasteiger charge is -2.13. The smallest absolute Gasteiger partial charge is 0.129 e. The number of halogens is 3. The number of hydrogen-bond donors (Lipinski definition) is 0. The Bertz CT molecular complexity index is 303. The molecule has 84 valence electrons. The highest BCUT2D eigenvalue weighted by Crippen LogP contribution is 2.19. The van der Waals surface area contributed by atoms with E-state index in [1.165, 1.54) is 18.2 Å². The molecular weight excluding hydrogens is 218 g/mol. The van der Waals surface area contributed by atoms with Crippen LogP contribution >= 0.6 is 11.6 Å². The minimum absolute atomic E-state index is 0.0380. The van der Waals surface area contributed by atoms with Crippen molar-refractivity contribution in [3.63, 3.8) is 0 Å². The first kappa shape index (κ1) is 12.4. The van der Waals surface area contributed by atoms with Gasteiger partial charge in [-0.3, -0.25) is 0 Å². The molecule has 0 aliphatic rings. The first-order valence-electron chi connectivity index (χ1n) is 5.09. The van der Waals surface area contributed by atoms with Crippen LogP contribution in [0.1, 0.15) is 25.8 Å². The SMILES string of the molecule is CC(C)C(Cl)CCc1c(F)cccc1F. The van der Waals surface area contributed by atoms with E-state index < -0.39 is 11.6 Å². The largest absolute Gasteiger partial charge is 0.207 e. The molecule has 0 aliphatic carbocycles. The Balaban J connectivity index is 2.65. The molecule has 0 heterocycles. The lowest BCUT2D eigenvalue weighted by atomic mass is 10.0. The van der Waals surface area contributed by atoms with Crippen LogP contribution in [0, 0.1) is 17.6 Å². The molecule has 3 heteroatoms. The fourth-order valence-corrected chi connectivity index (χ4v) is 1.50. The standard InChI is InChI=1S/C12H15ClF2/c1-8(2)10(13)7-6-9-11(14)4-3-5-12(9)15/h3-5,8,10H,6-7H2,1-2H3. The summed E-state index contributed by atoms with van der Waals surface area (Å²) in [5.74, 6) is -0.647. The van der Waals surface area contributed by atoms with Crippen molar-refractivity contribution in [3.05, 3.63) is 35.4 Å². The highest BCUT2D eigenvalue weighted by atomic mass is 35.5. The van der Waals surface area contributed by atoms with Gasteiger partial charge in [0.2, 0.25) is 0 Å². The van der Waals surface area contributed by atoms with Gasteiger partial charge < -0.3 is 0 Å². The van der Waals surface area contributed by atoms with Gasteiger partial charge in [-0.15, -0.1) is 11.6 Å². The summed E-state index contributed by atoms with van der Waals surface area (Å²) < 4.78 is 26.4. The van der Waals surface area contributed by atoms with Crippen molar-refractivity contribution in [1.82, 2.24) is 0 Å². The highest BCUT2D eigenvalue weighted by Gasteiger charge is 2.13. The number of rotatable bonds is 4. The van der Waals surface area contributed by atoms with Crippen molar-refractivity contribution in [2.24, 2.45) is 5.92 Å². The van der Waals surface area contributed by atoms with Crippen LogP contribution in [0.2, 0.25) is 0 Å². The van der Waals surface area contributed by atoms with Gasteiger partial charge in [-0.2, -0.15) is 0 Å². The van der Waals surface area contributed by atoms with Gasteiger partial charge in [0.1, 0.15) is 11.6 Å². The second-order valence-electron chi connectivity index (χ2n) is 4.00. The summed E-state index contributed by atoms with van der Waals surface area (Å²) in [5, 5.41) is -0.0380. The molecule has 0 saturated heterocycles. The van der Waals surface area contributed by atoms with Crippen LogP contribution in [0.4, 0.5) is 8.78 Å². The topological polar surface area (TPSA) is 0 Å². The number of hydrogen-bond acceptors (Lipinski definition) is 0. The molecule has 0 bridgehead atoms. The molecule has 1 aromatic rings. The monoisotopic (exact) mass is 232 g/mol. The third kappa shape index (κ3) is 3.45. The highest BCUT2D eigenvalue weighted by molar-refractivity contribution is 6.20. The Labute approximate surface area is 94.3 Å². The zero-order valence-corrected chi connectivity index (χ0v) is 9.69. The molecule has 0 spiro atoms. The molecule has 0 radical (unpaired) electrons.